The molecule has 0 aromatic carbocycles. The molecule has 1 heterocycles. The smallest absolute Gasteiger partial charge is 0.0545 e. The van der Waals surface area contributed by atoms with Crippen LogP contribution >= 0.6 is 0 Å². The minimum atomic E-state index is 0.337. The van der Waals surface area contributed by atoms with Crippen LogP contribution in [0.15, 0.2) is 5.16 Å². The van der Waals surface area contributed by atoms with Gasteiger partial charge in [-0.05, 0) is 12.8 Å². The van der Waals surface area contributed by atoms with E-state index < -0.39 is 0 Å². The van der Waals surface area contributed by atoms with Crippen LogP contribution in [0.3, 0.4) is 0 Å². The zero-order valence-corrected chi connectivity index (χ0v) is 5.29. The summed E-state index contributed by atoms with van der Waals surface area (Å²) < 4.78 is 5.13. The van der Waals surface area contributed by atoms with E-state index in [0.717, 1.165) is 19.4 Å². The van der Waals surface area contributed by atoms with Gasteiger partial charge in [0, 0.05) is 18.7 Å². The third kappa shape index (κ3) is 2.01. The molecule has 1 aliphatic heterocycles. The van der Waals surface area contributed by atoms with E-state index in [1.54, 1.807) is 6.21 Å². The predicted octanol–water partition coefficient (Wildman–Crippen LogP) is 0.873. The summed E-state index contributed by atoms with van der Waals surface area (Å²) in [7, 11) is 0. The van der Waals surface area contributed by atoms with Gasteiger partial charge in [0.2, 0.25) is 0 Å². The monoisotopic (exact) mass is 129 g/mol. The van der Waals surface area contributed by atoms with Gasteiger partial charge in [-0.15, -0.1) is 5.16 Å². The molecule has 0 bridgehead atoms. The molecule has 0 aliphatic carbocycles. The van der Waals surface area contributed by atoms with E-state index in [-0.39, 0.29) is 0 Å². The second-order valence-corrected chi connectivity index (χ2v) is 2.24. The van der Waals surface area contributed by atoms with Crippen molar-refractivity contribution in [3.8, 4) is 0 Å². The van der Waals surface area contributed by atoms with Gasteiger partial charge in [-0.1, -0.05) is 0 Å². The molecule has 0 radical (unpaired) electrons. The molecule has 1 rings (SSSR count). The SMILES string of the molecule is ON=CC1CCCOC1. The molecule has 1 N–H and O–H groups in total. The fourth-order valence-corrected chi connectivity index (χ4v) is 0.977. The lowest BCUT2D eigenvalue weighted by molar-refractivity contribution is 0.0774. The van der Waals surface area contributed by atoms with Crippen LogP contribution in [0.25, 0.3) is 0 Å². The Morgan fingerprint density at radius 3 is 3.11 bits per heavy atom. The molecule has 1 atom stereocenters. The van der Waals surface area contributed by atoms with Crippen LogP contribution < -0.4 is 0 Å². The van der Waals surface area contributed by atoms with Crippen molar-refractivity contribution in [2.75, 3.05) is 13.2 Å². The maximum absolute atomic E-state index is 8.13. The van der Waals surface area contributed by atoms with E-state index in [4.69, 9.17) is 9.94 Å². The van der Waals surface area contributed by atoms with Crippen molar-refractivity contribution < 1.29 is 9.94 Å². The first-order valence-electron chi connectivity index (χ1n) is 3.19. The Bertz CT molecular complexity index is 97.2. The lowest BCUT2D eigenvalue weighted by Gasteiger charge is -2.16. The lowest BCUT2D eigenvalue weighted by Crippen LogP contribution is -2.17. The molecule has 3 nitrogen and oxygen atoms in total. The van der Waals surface area contributed by atoms with Crippen LogP contribution in [0, 0.1) is 5.92 Å². The Balaban J connectivity index is 2.23. The van der Waals surface area contributed by atoms with E-state index in [2.05, 4.69) is 5.16 Å². The molecule has 0 saturated carbocycles. The van der Waals surface area contributed by atoms with E-state index in [9.17, 15) is 0 Å². The Labute approximate surface area is 54.3 Å². The highest BCUT2D eigenvalue weighted by molar-refractivity contribution is 5.59. The second kappa shape index (κ2) is 3.45. The van der Waals surface area contributed by atoms with Gasteiger partial charge in [0.15, 0.2) is 0 Å². The highest BCUT2D eigenvalue weighted by Crippen LogP contribution is 2.10. The van der Waals surface area contributed by atoms with Crippen LogP contribution in [0.1, 0.15) is 12.8 Å². The van der Waals surface area contributed by atoms with Gasteiger partial charge in [0.25, 0.3) is 0 Å². The van der Waals surface area contributed by atoms with Crippen molar-refractivity contribution in [2.45, 2.75) is 12.8 Å². The summed E-state index contributed by atoms with van der Waals surface area (Å²) in [5.41, 5.74) is 0. The zero-order chi connectivity index (χ0) is 6.53. The van der Waals surface area contributed by atoms with Gasteiger partial charge >= 0.3 is 0 Å². The topological polar surface area (TPSA) is 41.8 Å². The predicted molar refractivity (Wildman–Crippen MR) is 33.8 cm³/mol. The van der Waals surface area contributed by atoms with E-state index in [1.807, 2.05) is 0 Å². The molecular weight excluding hydrogens is 118 g/mol. The zero-order valence-electron chi connectivity index (χ0n) is 5.29. The van der Waals surface area contributed by atoms with E-state index in [1.165, 1.54) is 0 Å². The number of hydrogen-bond acceptors (Lipinski definition) is 3. The van der Waals surface area contributed by atoms with Gasteiger partial charge < -0.3 is 9.94 Å². The average Bonchev–Trinajstić information content (AvgIpc) is 1.91. The summed E-state index contributed by atoms with van der Waals surface area (Å²) in [5.74, 6) is 0.337. The van der Waals surface area contributed by atoms with Crippen LogP contribution in [0.2, 0.25) is 0 Å². The minimum absolute atomic E-state index is 0.337. The number of oxime groups is 1. The highest BCUT2D eigenvalue weighted by Gasteiger charge is 2.10. The van der Waals surface area contributed by atoms with Crippen LogP contribution in [-0.4, -0.2) is 24.6 Å². The first-order chi connectivity index (χ1) is 4.43. The van der Waals surface area contributed by atoms with E-state index in [0.29, 0.717) is 12.5 Å². The summed E-state index contributed by atoms with van der Waals surface area (Å²) >= 11 is 0. The molecule has 0 spiro atoms. The third-order valence-electron chi connectivity index (χ3n) is 1.47. The first kappa shape index (κ1) is 6.55. The number of rotatable bonds is 1. The Hall–Kier alpha value is -0.570. The third-order valence-corrected chi connectivity index (χ3v) is 1.47. The summed E-state index contributed by atoms with van der Waals surface area (Å²) in [6.07, 6.45) is 3.71. The van der Waals surface area contributed by atoms with Crippen molar-refractivity contribution >= 4 is 6.21 Å². The van der Waals surface area contributed by atoms with E-state index >= 15 is 0 Å². The molecule has 0 amide bonds. The fourth-order valence-electron chi connectivity index (χ4n) is 0.977. The first-order valence-corrected chi connectivity index (χ1v) is 3.19. The van der Waals surface area contributed by atoms with Gasteiger partial charge in [0.05, 0.1) is 6.61 Å². The largest absolute Gasteiger partial charge is 0.411 e. The van der Waals surface area contributed by atoms with Gasteiger partial charge in [-0.25, -0.2) is 0 Å². The quantitative estimate of drug-likeness (QED) is 0.324. The van der Waals surface area contributed by atoms with Gasteiger partial charge in [-0.2, -0.15) is 0 Å². The van der Waals surface area contributed by atoms with Crippen LogP contribution in [0.5, 0.6) is 0 Å². The minimum Gasteiger partial charge on any atom is -0.411 e. The average molecular weight is 129 g/mol. The summed E-state index contributed by atoms with van der Waals surface area (Å²) in [6, 6.07) is 0. The maximum atomic E-state index is 8.13. The molecule has 1 unspecified atom stereocenters. The second-order valence-electron chi connectivity index (χ2n) is 2.24. The van der Waals surface area contributed by atoms with Crippen molar-refractivity contribution in [2.24, 2.45) is 11.1 Å². The summed E-state index contributed by atoms with van der Waals surface area (Å²) in [4.78, 5) is 0. The number of hydrogen-bond donors (Lipinski definition) is 1. The Morgan fingerprint density at radius 2 is 2.56 bits per heavy atom. The molecule has 1 saturated heterocycles. The molecule has 3 heteroatoms. The van der Waals surface area contributed by atoms with Crippen molar-refractivity contribution in [1.29, 1.82) is 0 Å². The molecular formula is C6H11NO2. The summed E-state index contributed by atoms with van der Waals surface area (Å²) in [5, 5.41) is 11.1. The molecule has 0 aromatic heterocycles. The molecule has 9 heavy (non-hydrogen) atoms. The fraction of sp³-hybridized carbons (Fsp3) is 0.833. The van der Waals surface area contributed by atoms with Gasteiger partial charge in [-0.3, -0.25) is 0 Å². The Kier molecular flexibility index (Phi) is 2.51. The Morgan fingerprint density at radius 1 is 1.67 bits per heavy atom. The molecule has 1 aliphatic rings. The maximum Gasteiger partial charge on any atom is 0.0545 e. The van der Waals surface area contributed by atoms with Crippen molar-refractivity contribution in [1.82, 2.24) is 0 Å². The van der Waals surface area contributed by atoms with Crippen LogP contribution in [0.4, 0.5) is 0 Å². The number of ether oxygens (including phenoxy) is 1. The molecule has 1 fully saturated rings. The van der Waals surface area contributed by atoms with Crippen molar-refractivity contribution in [3.63, 3.8) is 0 Å². The molecule has 0 aromatic rings. The summed E-state index contributed by atoms with van der Waals surface area (Å²) in [6.45, 7) is 1.57. The standard InChI is InChI=1S/C6H11NO2/c8-7-4-6-2-1-3-9-5-6/h4,6,8H,1-3,5H2. The normalized spacial score (nSPS) is 29.1. The van der Waals surface area contributed by atoms with Gasteiger partial charge in [0.1, 0.15) is 0 Å². The highest BCUT2D eigenvalue weighted by atomic mass is 16.5. The van der Waals surface area contributed by atoms with Crippen LogP contribution in [-0.2, 0) is 4.74 Å². The van der Waals surface area contributed by atoms with Crippen molar-refractivity contribution in [3.05, 3.63) is 0 Å². The molecule has 52 valence electrons. The number of nitrogens with zero attached hydrogens (tertiary/aromatic N) is 1. The lowest BCUT2D eigenvalue weighted by atomic mass is 10.0.